The van der Waals surface area contributed by atoms with Crippen molar-refractivity contribution in [1.82, 2.24) is 4.90 Å². The summed E-state index contributed by atoms with van der Waals surface area (Å²) in [5, 5.41) is 4.36. The van der Waals surface area contributed by atoms with Gasteiger partial charge >= 0.3 is 0 Å². The molecule has 2 aliphatic heterocycles. The number of amides is 1. The van der Waals surface area contributed by atoms with Crippen LogP contribution in [-0.2, 0) is 11.2 Å². The first kappa shape index (κ1) is 14.9. The summed E-state index contributed by atoms with van der Waals surface area (Å²) in [7, 11) is 0. The lowest BCUT2D eigenvalue weighted by molar-refractivity contribution is -0.123. The molecular weight excluding hydrogens is 304 g/mol. The fourth-order valence-corrected chi connectivity index (χ4v) is 4.72. The minimum Gasteiger partial charge on any atom is -0.310 e. The first-order valence-corrected chi connectivity index (χ1v) is 9.37. The zero-order valence-electron chi connectivity index (χ0n) is 13.4. The second-order valence-electron chi connectivity index (χ2n) is 6.50. The fraction of sp³-hybridized carbons (Fsp3) is 0.421. The van der Waals surface area contributed by atoms with Crippen LogP contribution in [0.1, 0.15) is 36.9 Å². The highest BCUT2D eigenvalue weighted by Gasteiger charge is 2.36. The lowest BCUT2D eigenvalue weighted by atomic mass is 10.1. The third-order valence-corrected chi connectivity index (χ3v) is 5.93. The predicted octanol–water partition coefficient (Wildman–Crippen LogP) is 3.86. The molecule has 2 atom stereocenters. The molecule has 3 nitrogen and oxygen atoms in total. The van der Waals surface area contributed by atoms with Crippen molar-refractivity contribution in [3.05, 3.63) is 52.2 Å². The standard InChI is InChI=1S/C19H22N2OS/c1-14(20-10-4-7-18(20)16-9-12-23-13-16)19(22)21-11-8-15-5-2-3-6-17(15)21/h2-3,5-6,9,12-14,18H,4,7-8,10-11H2,1H3/t14-,18+/m1/s1. The quantitative estimate of drug-likeness (QED) is 0.855. The summed E-state index contributed by atoms with van der Waals surface area (Å²) < 4.78 is 0. The Kier molecular flexibility index (Phi) is 3.95. The maximum Gasteiger partial charge on any atom is 0.244 e. The van der Waals surface area contributed by atoms with Gasteiger partial charge in [-0.25, -0.2) is 0 Å². The number of fused-ring (bicyclic) bond motifs is 1. The van der Waals surface area contributed by atoms with Crippen LogP contribution in [0.4, 0.5) is 5.69 Å². The van der Waals surface area contributed by atoms with Gasteiger partial charge in [-0.1, -0.05) is 18.2 Å². The van der Waals surface area contributed by atoms with Crippen molar-refractivity contribution in [1.29, 1.82) is 0 Å². The Balaban J connectivity index is 1.55. The highest BCUT2D eigenvalue weighted by molar-refractivity contribution is 7.07. The van der Waals surface area contributed by atoms with Crippen molar-refractivity contribution in [3.8, 4) is 0 Å². The van der Waals surface area contributed by atoms with E-state index < -0.39 is 0 Å². The maximum atomic E-state index is 13.1. The highest BCUT2D eigenvalue weighted by atomic mass is 32.1. The lowest BCUT2D eigenvalue weighted by Gasteiger charge is -2.32. The largest absolute Gasteiger partial charge is 0.310 e. The Morgan fingerprint density at radius 2 is 2.13 bits per heavy atom. The van der Waals surface area contributed by atoms with Crippen molar-refractivity contribution in [2.24, 2.45) is 0 Å². The number of anilines is 1. The van der Waals surface area contributed by atoms with Gasteiger partial charge in [0.1, 0.15) is 0 Å². The summed E-state index contributed by atoms with van der Waals surface area (Å²) in [6, 6.07) is 10.8. The highest BCUT2D eigenvalue weighted by Crippen LogP contribution is 2.36. The molecule has 120 valence electrons. The van der Waals surface area contributed by atoms with Gasteiger partial charge < -0.3 is 4.90 Å². The first-order valence-electron chi connectivity index (χ1n) is 8.43. The number of hydrogen-bond donors (Lipinski definition) is 0. The number of benzene rings is 1. The van der Waals surface area contributed by atoms with Crippen LogP contribution in [0, 0.1) is 0 Å². The van der Waals surface area contributed by atoms with E-state index >= 15 is 0 Å². The minimum atomic E-state index is -0.0615. The summed E-state index contributed by atoms with van der Waals surface area (Å²) in [5.41, 5.74) is 3.77. The van der Waals surface area contributed by atoms with Crippen LogP contribution in [0.2, 0.25) is 0 Å². The van der Waals surface area contributed by atoms with Gasteiger partial charge in [-0.2, -0.15) is 11.3 Å². The van der Waals surface area contributed by atoms with Crippen molar-refractivity contribution in [2.75, 3.05) is 18.0 Å². The average molecular weight is 326 g/mol. The van der Waals surface area contributed by atoms with Gasteiger partial charge in [-0.05, 0) is 66.8 Å². The van der Waals surface area contributed by atoms with E-state index in [0.717, 1.165) is 31.6 Å². The van der Waals surface area contributed by atoms with Gasteiger partial charge in [0.05, 0.1) is 6.04 Å². The van der Waals surface area contributed by atoms with Gasteiger partial charge in [0.25, 0.3) is 0 Å². The summed E-state index contributed by atoms with van der Waals surface area (Å²) >= 11 is 1.74. The van der Waals surface area contributed by atoms with E-state index in [-0.39, 0.29) is 11.9 Å². The molecule has 1 aromatic heterocycles. The molecule has 0 bridgehead atoms. The molecule has 0 spiro atoms. The van der Waals surface area contributed by atoms with E-state index in [0.29, 0.717) is 6.04 Å². The van der Waals surface area contributed by atoms with Crippen LogP contribution in [0.15, 0.2) is 41.1 Å². The number of para-hydroxylation sites is 1. The Labute approximate surface area is 141 Å². The van der Waals surface area contributed by atoms with E-state index in [4.69, 9.17) is 0 Å². The van der Waals surface area contributed by atoms with E-state index in [1.54, 1.807) is 11.3 Å². The molecule has 1 fully saturated rings. The molecule has 0 aliphatic carbocycles. The number of nitrogens with zero attached hydrogens (tertiary/aromatic N) is 2. The minimum absolute atomic E-state index is 0.0615. The van der Waals surface area contributed by atoms with E-state index in [9.17, 15) is 4.79 Å². The number of likely N-dealkylation sites (tertiary alicyclic amines) is 1. The first-order chi connectivity index (χ1) is 11.3. The van der Waals surface area contributed by atoms with Crippen LogP contribution in [0.3, 0.4) is 0 Å². The summed E-state index contributed by atoms with van der Waals surface area (Å²) in [6.07, 6.45) is 3.31. The summed E-state index contributed by atoms with van der Waals surface area (Å²) in [4.78, 5) is 17.5. The Hall–Kier alpha value is -1.65. The zero-order valence-corrected chi connectivity index (χ0v) is 14.3. The molecule has 0 radical (unpaired) electrons. The third kappa shape index (κ3) is 2.60. The number of rotatable bonds is 3. The zero-order chi connectivity index (χ0) is 15.8. The van der Waals surface area contributed by atoms with Gasteiger partial charge in [-0.15, -0.1) is 0 Å². The average Bonchev–Trinajstić information content (AvgIpc) is 3.31. The van der Waals surface area contributed by atoms with Crippen molar-refractivity contribution in [3.63, 3.8) is 0 Å². The topological polar surface area (TPSA) is 23.6 Å². The van der Waals surface area contributed by atoms with Crippen molar-refractivity contribution < 1.29 is 4.79 Å². The molecule has 3 heterocycles. The third-order valence-electron chi connectivity index (χ3n) is 5.23. The van der Waals surface area contributed by atoms with Gasteiger partial charge in [0, 0.05) is 18.3 Å². The Morgan fingerprint density at radius 1 is 1.26 bits per heavy atom. The molecule has 4 rings (SSSR count). The molecule has 23 heavy (non-hydrogen) atoms. The predicted molar refractivity (Wildman–Crippen MR) is 95.0 cm³/mol. The van der Waals surface area contributed by atoms with Crippen LogP contribution in [-0.4, -0.2) is 29.9 Å². The van der Waals surface area contributed by atoms with E-state index in [1.807, 2.05) is 11.0 Å². The SMILES string of the molecule is C[C@H](C(=O)N1CCc2ccccc21)N1CCC[C@H]1c1ccsc1. The number of carbonyl (C=O) groups is 1. The second kappa shape index (κ2) is 6.10. The summed E-state index contributed by atoms with van der Waals surface area (Å²) in [6.45, 7) is 3.91. The van der Waals surface area contributed by atoms with Crippen molar-refractivity contribution >= 4 is 22.9 Å². The molecular formula is C19H22N2OS. The normalized spacial score (nSPS) is 22.3. The van der Waals surface area contributed by atoms with Crippen LogP contribution in [0.25, 0.3) is 0 Å². The monoisotopic (exact) mass is 326 g/mol. The fourth-order valence-electron chi connectivity index (χ4n) is 4.01. The molecule has 0 saturated carbocycles. The molecule has 1 saturated heterocycles. The lowest BCUT2D eigenvalue weighted by Crippen LogP contribution is -2.46. The maximum absolute atomic E-state index is 13.1. The number of thiophene rings is 1. The van der Waals surface area contributed by atoms with Gasteiger partial charge in [0.2, 0.25) is 5.91 Å². The number of carbonyl (C=O) groups excluding carboxylic acids is 1. The molecule has 1 aromatic carbocycles. The Morgan fingerprint density at radius 3 is 2.96 bits per heavy atom. The molecule has 0 unspecified atom stereocenters. The van der Waals surface area contributed by atoms with E-state index in [1.165, 1.54) is 17.5 Å². The number of hydrogen-bond acceptors (Lipinski definition) is 3. The van der Waals surface area contributed by atoms with Gasteiger partial charge in [0.15, 0.2) is 0 Å². The van der Waals surface area contributed by atoms with Crippen LogP contribution < -0.4 is 4.90 Å². The molecule has 4 heteroatoms. The van der Waals surface area contributed by atoms with Crippen molar-refractivity contribution in [2.45, 2.75) is 38.3 Å². The molecule has 2 aromatic rings. The van der Waals surface area contributed by atoms with Crippen LogP contribution >= 0.6 is 11.3 Å². The van der Waals surface area contributed by atoms with E-state index in [2.05, 4.69) is 46.8 Å². The molecule has 1 amide bonds. The Bertz CT molecular complexity index is 697. The van der Waals surface area contributed by atoms with Gasteiger partial charge in [-0.3, -0.25) is 9.69 Å². The summed E-state index contributed by atoms with van der Waals surface area (Å²) in [5.74, 6) is 0.247. The molecule has 0 N–H and O–H groups in total. The second-order valence-corrected chi connectivity index (χ2v) is 7.28. The van der Waals surface area contributed by atoms with Crippen LogP contribution in [0.5, 0.6) is 0 Å². The smallest absolute Gasteiger partial charge is 0.244 e. The molecule has 2 aliphatic rings.